The molecule has 1 rings (SSSR count). The molecule has 0 saturated carbocycles. The SMILES string of the molecule is CC(C)(C)C(=O)Nc1nnc(CCN)s1. The minimum Gasteiger partial charge on any atom is -0.330 e. The molecule has 0 bridgehead atoms. The molecule has 0 unspecified atom stereocenters. The lowest BCUT2D eigenvalue weighted by molar-refractivity contribution is -0.123. The van der Waals surface area contributed by atoms with Crippen molar-refractivity contribution in [2.24, 2.45) is 11.1 Å². The van der Waals surface area contributed by atoms with Crippen LogP contribution in [0.25, 0.3) is 0 Å². The van der Waals surface area contributed by atoms with E-state index in [0.717, 1.165) is 5.01 Å². The van der Waals surface area contributed by atoms with Crippen molar-refractivity contribution in [1.82, 2.24) is 10.2 Å². The number of rotatable bonds is 3. The Labute approximate surface area is 93.1 Å². The molecule has 1 heterocycles. The van der Waals surface area contributed by atoms with Gasteiger partial charge in [0, 0.05) is 11.8 Å². The summed E-state index contributed by atoms with van der Waals surface area (Å²) in [5.41, 5.74) is 4.97. The summed E-state index contributed by atoms with van der Waals surface area (Å²) in [5.74, 6) is -0.0575. The first kappa shape index (κ1) is 12.1. The highest BCUT2D eigenvalue weighted by molar-refractivity contribution is 7.15. The standard InChI is InChI=1S/C9H16N4OS/c1-9(2,3)7(14)11-8-13-12-6(15-8)4-5-10/h4-5,10H2,1-3H3,(H,11,13,14). The number of hydrogen-bond donors (Lipinski definition) is 2. The molecule has 84 valence electrons. The highest BCUT2D eigenvalue weighted by Crippen LogP contribution is 2.20. The van der Waals surface area contributed by atoms with E-state index in [0.29, 0.717) is 18.1 Å². The quantitative estimate of drug-likeness (QED) is 0.809. The summed E-state index contributed by atoms with van der Waals surface area (Å²) < 4.78 is 0. The highest BCUT2D eigenvalue weighted by atomic mass is 32.1. The second-order valence-electron chi connectivity index (χ2n) is 4.24. The van der Waals surface area contributed by atoms with Gasteiger partial charge in [0.05, 0.1) is 0 Å². The lowest BCUT2D eigenvalue weighted by Gasteiger charge is -2.15. The van der Waals surface area contributed by atoms with Crippen LogP contribution in [0.4, 0.5) is 5.13 Å². The normalized spacial score (nSPS) is 11.5. The van der Waals surface area contributed by atoms with Gasteiger partial charge in [-0.2, -0.15) is 0 Å². The summed E-state index contributed by atoms with van der Waals surface area (Å²) in [5, 5.41) is 11.9. The molecule has 3 N–H and O–H groups in total. The van der Waals surface area contributed by atoms with Crippen LogP contribution in [-0.2, 0) is 11.2 Å². The number of nitrogens with zero attached hydrogens (tertiary/aromatic N) is 2. The van der Waals surface area contributed by atoms with Crippen LogP contribution in [0.5, 0.6) is 0 Å². The molecule has 0 fully saturated rings. The van der Waals surface area contributed by atoms with Gasteiger partial charge in [-0.25, -0.2) is 0 Å². The average Bonchev–Trinajstić information content (AvgIpc) is 2.51. The summed E-state index contributed by atoms with van der Waals surface area (Å²) in [7, 11) is 0. The van der Waals surface area contributed by atoms with Gasteiger partial charge in [0.15, 0.2) is 0 Å². The second-order valence-corrected chi connectivity index (χ2v) is 5.31. The molecule has 6 heteroatoms. The van der Waals surface area contributed by atoms with Crippen molar-refractivity contribution in [2.45, 2.75) is 27.2 Å². The average molecular weight is 228 g/mol. The number of anilines is 1. The number of aromatic nitrogens is 2. The smallest absolute Gasteiger partial charge is 0.231 e. The third-order valence-electron chi connectivity index (χ3n) is 1.73. The zero-order valence-corrected chi connectivity index (χ0v) is 10.0. The van der Waals surface area contributed by atoms with Crippen molar-refractivity contribution >= 4 is 22.4 Å². The Balaban J connectivity index is 2.61. The van der Waals surface area contributed by atoms with Gasteiger partial charge in [0.25, 0.3) is 0 Å². The van der Waals surface area contributed by atoms with E-state index in [4.69, 9.17) is 5.73 Å². The Kier molecular flexibility index (Phi) is 3.76. The molecule has 0 atom stereocenters. The zero-order valence-electron chi connectivity index (χ0n) is 9.20. The maximum absolute atomic E-state index is 11.6. The van der Waals surface area contributed by atoms with Crippen molar-refractivity contribution in [2.75, 3.05) is 11.9 Å². The van der Waals surface area contributed by atoms with Crippen molar-refractivity contribution in [1.29, 1.82) is 0 Å². The van der Waals surface area contributed by atoms with Gasteiger partial charge < -0.3 is 11.1 Å². The summed E-state index contributed by atoms with van der Waals surface area (Å²) in [6.07, 6.45) is 0.697. The van der Waals surface area contributed by atoms with E-state index in [1.54, 1.807) is 0 Å². The van der Waals surface area contributed by atoms with Crippen LogP contribution >= 0.6 is 11.3 Å². The van der Waals surface area contributed by atoms with Crippen molar-refractivity contribution < 1.29 is 4.79 Å². The third kappa shape index (κ3) is 3.56. The van der Waals surface area contributed by atoms with Crippen molar-refractivity contribution in [3.63, 3.8) is 0 Å². The first-order chi connectivity index (χ1) is 6.93. The molecular formula is C9H16N4OS. The van der Waals surface area contributed by atoms with E-state index >= 15 is 0 Å². The summed E-state index contributed by atoms with van der Waals surface area (Å²) in [6.45, 7) is 6.10. The predicted molar refractivity (Wildman–Crippen MR) is 60.8 cm³/mol. The molecule has 0 saturated heterocycles. The Morgan fingerprint density at radius 2 is 2.13 bits per heavy atom. The molecule has 0 aromatic carbocycles. The fourth-order valence-electron chi connectivity index (χ4n) is 0.813. The van der Waals surface area contributed by atoms with Crippen molar-refractivity contribution in [3.8, 4) is 0 Å². The Morgan fingerprint density at radius 1 is 1.47 bits per heavy atom. The van der Waals surface area contributed by atoms with E-state index in [9.17, 15) is 4.79 Å². The van der Waals surface area contributed by atoms with E-state index in [1.165, 1.54) is 11.3 Å². The number of hydrogen-bond acceptors (Lipinski definition) is 5. The van der Waals surface area contributed by atoms with Crippen LogP contribution in [-0.4, -0.2) is 22.6 Å². The monoisotopic (exact) mass is 228 g/mol. The Bertz CT molecular complexity index is 342. The van der Waals surface area contributed by atoms with E-state index < -0.39 is 5.41 Å². The van der Waals surface area contributed by atoms with Crippen LogP contribution in [0.1, 0.15) is 25.8 Å². The summed E-state index contributed by atoms with van der Waals surface area (Å²) >= 11 is 1.37. The molecule has 0 radical (unpaired) electrons. The highest BCUT2D eigenvalue weighted by Gasteiger charge is 2.22. The fraction of sp³-hybridized carbons (Fsp3) is 0.667. The number of carbonyl (C=O) groups is 1. The molecular weight excluding hydrogens is 212 g/mol. The Hall–Kier alpha value is -1.01. The summed E-state index contributed by atoms with van der Waals surface area (Å²) in [4.78, 5) is 11.6. The van der Waals surface area contributed by atoms with E-state index in [1.807, 2.05) is 20.8 Å². The maximum Gasteiger partial charge on any atom is 0.231 e. The number of nitrogens with two attached hydrogens (primary N) is 1. The number of nitrogens with one attached hydrogen (secondary N) is 1. The van der Waals surface area contributed by atoms with Gasteiger partial charge in [0.2, 0.25) is 11.0 Å². The maximum atomic E-state index is 11.6. The van der Waals surface area contributed by atoms with Gasteiger partial charge in [-0.1, -0.05) is 32.1 Å². The first-order valence-corrected chi connectivity index (χ1v) is 5.59. The molecule has 1 aromatic heterocycles. The topological polar surface area (TPSA) is 80.9 Å². The number of amides is 1. The molecule has 0 aliphatic rings. The van der Waals surface area contributed by atoms with Gasteiger partial charge in [-0.15, -0.1) is 10.2 Å². The number of carbonyl (C=O) groups excluding carboxylic acids is 1. The van der Waals surface area contributed by atoms with Crippen LogP contribution in [0, 0.1) is 5.41 Å². The zero-order chi connectivity index (χ0) is 11.5. The molecule has 0 aliphatic heterocycles. The predicted octanol–water partition coefficient (Wildman–Crippen LogP) is 1.02. The molecule has 1 amide bonds. The summed E-state index contributed by atoms with van der Waals surface area (Å²) in [6, 6.07) is 0. The van der Waals surface area contributed by atoms with Crippen LogP contribution in [0.3, 0.4) is 0 Å². The van der Waals surface area contributed by atoms with Crippen LogP contribution < -0.4 is 11.1 Å². The Morgan fingerprint density at radius 3 is 2.67 bits per heavy atom. The van der Waals surface area contributed by atoms with Gasteiger partial charge >= 0.3 is 0 Å². The van der Waals surface area contributed by atoms with Crippen LogP contribution in [0.15, 0.2) is 0 Å². The minimum atomic E-state index is -0.417. The van der Waals surface area contributed by atoms with E-state index in [2.05, 4.69) is 15.5 Å². The molecule has 15 heavy (non-hydrogen) atoms. The van der Waals surface area contributed by atoms with Crippen molar-refractivity contribution in [3.05, 3.63) is 5.01 Å². The lowest BCUT2D eigenvalue weighted by atomic mass is 9.96. The van der Waals surface area contributed by atoms with Gasteiger partial charge in [-0.3, -0.25) is 4.79 Å². The first-order valence-electron chi connectivity index (χ1n) is 4.77. The molecule has 1 aromatic rings. The third-order valence-corrected chi connectivity index (χ3v) is 2.63. The molecule has 0 spiro atoms. The molecule has 5 nitrogen and oxygen atoms in total. The molecule has 0 aliphatic carbocycles. The van der Waals surface area contributed by atoms with Gasteiger partial charge in [0.1, 0.15) is 5.01 Å². The van der Waals surface area contributed by atoms with Crippen LogP contribution in [0.2, 0.25) is 0 Å². The minimum absolute atomic E-state index is 0.0575. The van der Waals surface area contributed by atoms with Gasteiger partial charge in [-0.05, 0) is 6.54 Å². The lowest BCUT2D eigenvalue weighted by Crippen LogP contribution is -2.27. The fourth-order valence-corrected chi connectivity index (χ4v) is 1.56. The second kappa shape index (κ2) is 4.67. The largest absolute Gasteiger partial charge is 0.330 e. The van der Waals surface area contributed by atoms with E-state index in [-0.39, 0.29) is 5.91 Å².